The third-order valence-corrected chi connectivity index (χ3v) is 4.76. The molecule has 1 aromatic carbocycles. The maximum Gasteiger partial charge on any atom is 0.233 e. The molecule has 1 aliphatic carbocycles. The Balaban J connectivity index is 1.93. The molecule has 2 fully saturated rings. The van der Waals surface area contributed by atoms with Gasteiger partial charge in [0, 0.05) is 19.1 Å². The maximum atomic E-state index is 13.5. The van der Waals surface area contributed by atoms with Crippen LogP contribution in [-0.2, 0) is 10.2 Å². The Bertz CT molecular complexity index is 511. The molecule has 0 bridgehead atoms. The molecule has 1 aromatic rings. The number of carbonyl (C=O) groups excluding carboxylic acids is 1. The van der Waals surface area contributed by atoms with Crippen molar-refractivity contribution in [2.24, 2.45) is 5.73 Å². The van der Waals surface area contributed by atoms with Gasteiger partial charge in [-0.3, -0.25) is 4.79 Å². The van der Waals surface area contributed by atoms with E-state index >= 15 is 0 Å². The van der Waals surface area contributed by atoms with Crippen molar-refractivity contribution in [3.05, 3.63) is 35.6 Å². The van der Waals surface area contributed by atoms with Gasteiger partial charge in [-0.15, -0.1) is 0 Å². The number of amides is 1. The standard InChI is InChI=1S/C16H21FN2O/c17-13-5-3-4-12(10-13)16(7-1-2-8-16)15(20)19-9-6-14(18)11-19/h3-5,10,14H,1-2,6-9,11,18H2/t14-/m1/s1. The molecule has 2 aliphatic rings. The Morgan fingerprint density at radius 1 is 1.35 bits per heavy atom. The molecule has 1 aliphatic heterocycles. The molecule has 108 valence electrons. The molecule has 1 heterocycles. The zero-order valence-corrected chi connectivity index (χ0v) is 11.6. The van der Waals surface area contributed by atoms with Crippen LogP contribution in [0, 0.1) is 5.82 Å². The van der Waals surface area contributed by atoms with Gasteiger partial charge in [-0.05, 0) is 37.0 Å². The zero-order valence-electron chi connectivity index (χ0n) is 11.6. The number of nitrogens with zero attached hydrogens (tertiary/aromatic N) is 1. The molecule has 3 rings (SSSR count). The van der Waals surface area contributed by atoms with Gasteiger partial charge in [0.25, 0.3) is 0 Å². The normalized spacial score (nSPS) is 25.1. The van der Waals surface area contributed by atoms with E-state index in [1.807, 2.05) is 11.0 Å². The lowest BCUT2D eigenvalue weighted by molar-refractivity contribution is -0.136. The highest BCUT2D eigenvalue weighted by atomic mass is 19.1. The van der Waals surface area contributed by atoms with Gasteiger partial charge in [-0.25, -0.2) is 4.39 Å². The number of halogens is 1. The Morgan fingerprint density at radius 3 is 2.70 bits per heavy atom. The first-order valence-corrected chi connectivity index (χ1v) is 7.43. The van der Waals surface area contributed by atoms with Crippen LogP contribution in [0.4, 0.5) is 4.39 Å². The monoisotopic (exact) mass is 276 g/mol. The SMILES string of the molecule is N[C@@H]1CCN(C(=O)C2(c3cccc(F)c3)CCCC2)C1. The molecule has 1 amide bonds. The van der Waals surface area contributed by atoms with E-state index in [-0.39, 0.29) is 17.8 Å². The fraction of sp³-hybridized carbons (Fsp3) is 0.562. The van der Waals surface area contributed by atoms with Crippen molar-refractivity contribution in [3.8, 4) is 0 Å². The van der Waals surface area contributed by atoms with E-state index in [4.69, 9.17) is 5.73 Å². The molecule has 1 saturated carbocycles. The molecular formula is C16H21FN2O. The molecule has 2 N–H and O–H groups in total. The van der Waals surface area contributed by atoms with E-state index in [1.54, 1.807) is 6.07 Å². The second-order valence-electron chi connectivity index (χ2n) is 6.10. The van der Waals surface area contributed by atoms with E-state index in [2.05, 4.69) is 0 Å². The van der Waals surface area contributed by atoms with Crippen molar-refractivity contribution in [2.75, 3.05) is 13.1 Å². The number of benzene rings is 1. The van der Waals surface area contributed by atoms with Crippen LogP contribution in [0.3, 0.4) is 0 Å². The van der Waals surface area contributed by atoms with Crippen LogP contribution >= 0.6 is 0 Å². The van der Waals surface area contributed by atoms with Gasteiger partial charge in [-0.1, -0.05) is 25.0 Å². The van der Waals surface area contributed by atoms with Crippen molar-refractivity contribution in [2.45, 2.75) is 43.6 Å². The number of carbonyl (C=O) groups is 1. The first-order valence-electron chi connectivity index (χ1n) is 7.43. The molecule has 1 saturated heterocycles. The van der Waals surface area contributed by atoms with Gasteiger partial charge in [0.05, 0.1) is 5.41 Å². The third-order valence-electron chi connectivity index (χ3n) is 4.76. The Labute approximate surface area is 118 Å². The molecule has 0 aromatic heterocycles. The molecule has 0 radical (unpaired) electrons. The van der Waals surface area contributed by atoms with Crippen LogP contribution in [0.15, 0.2) is 24.3 Å². The molecule has 1 atom stereocenters. The summed E-state index contributed by atoms with van der Waals surface area (Å²) in [5, 5.41) is 0. The lowest BCUT2D eigenvalue weighted by atomic mass is 9.77. The number of nitrogens with two attached hydrogens (primary N) is 1. The zero-order chi connectivity index (χ0) is 14.2. The van der Waals surface area contributed by atoms with Gasteiger partial charge in [0.1, 0.15) is 5.82 Å². The average molecular weight is 276 g/mol. The minimum absolute atomic E-state index is 0.0879. The third kappa shape index (κ3) is 2.22. The van der Waals surface area contributed by atoms with Crippen LogP contribution in [0.5, 0.6) is 0 Å². The molecule has 0 unspecified atom stereocenters. The van der Waals surface area contributed by atoms with E-state index in [9.17, 15) is 9.18 Å². The Hall–Kier alpha value is -1.42. The quantitative estimate of drug-likeness (QED) is 0.900. The van der Waals surface area contributed by atoms with Crippen molar-refractivity contribution in [1.29, 1.82) is 0 Å². The van der Waals surface area contributed by atoms with Crippen molar-refractivity contribution < 1.29 is 9.18 Å². The summed E-state index contributed by atoms with van der Waals surface area (Å²) in [5.41, 5.74) is 6.23. The molecule has 4 heteroatoms. The first-order chi connectivity index (χ1) is 9.62. The summed E-state index contributed by atoms with van der Waals surface area (Å²) >= 11 is 0. The number of hydrogen-bond donors (Lipinski definition) is 1. The van der Waals surface area contributed by atoms with Gasteiger partial charge >= 0.3 is 0 Å². The second kappa shape index (κ2) is 5.17. The van der Waals surface area contributed by atoms with E-state index in [0.717, 1.165) is 44.2 Å². The number of rotatable bonds is 2. The second-order valence-corrected chi connectivity index (χ2v) is 6.10. The summed E-state index contributed by atoms with van der Waals surface area (Å²) in [7, 11) is 0. The molecule has 20 heavy (non-hydrogen) atoms. The highest BCUT2D eigenvalue weighted by Gasteiger charge is 2.46. The average Bonchev–Trinajstić information content (AvgIpc) is 3.07. The van der Waals surface area contributed by atoms with E-state index in [0.29, 0.717) is 6.54 Å². The van der Waals surface area contributed by atoms with Crippen molar-refractivity contribution in [1.82, 2.24) is 4.90 Å². The highest BCUT2D eigenvalue weighted by molar-refractivity contribution is 5.89. The van der Waals surface area contributed by atoms with Crippen molar-refractivity contribution in [3.63, 3.8) is 0 Å². The van der Waals surface area contributed by atoms with Gasteiger partial charge < -0.3 is 10.6 Å². The summed E-state index contributed by atoms with van der Waals surface area (Å²) in [6, 6.07) is 6.64. The summed E-state index contributed by atoms with van der Waals surface area (Å²) in [6.45, 7) is 1.37. The predicted molar refractivity (Wildman–Crippen MR) is 75.7 cm³/mol. The summed E-state index contributed by atoms with van der Waals surface area (Å²) < 4.78 is 13.5. The summed E-state index contributed by atoms with van der Waals surface area (Å²) in [5.74, 6) is -0.117. The summed E-state index contributed by atoms with van der Waals surface area (Å²) in [4.78, 5) is 14.9. The lowest BCUT2D eigenvalue weighted by Gasteiger charge is -2.33. The van der Waals surface area contributed by atoms with Crippen molar-refractivity contribution >= 4 is 5.91 Å². The highest BCUT2D eigenvalue weighted by Crippen LogP contribution is 2.43. The van der Waals surface area contributed by atoms with Gasteiger partial charge in [0.15, 0.2) is 0 Å². The minimum atomic E-state index is -0.522. The minimum Gasteiger partial charge on any atom is -0.340 e. The fourth-order valence-corrected chi connectivity index (χ4v) is 3.67. The van der Waals surface area contributed by atoms with E-state index < -0.39 is 5.41 Å². The van der Waals surface area contributed by atoms with Gasteiger partial charge in [0.2, 0.25) is 5.91 Å². The number of likely N-dealkylation sites (tertiary alicyclic amines) is 1. The van der Waals surface area contributed by atoms with Crippen LogP contribution in [-0.4, -0.2) is 29.9 Å². The van der Waals surface area contributed by atoms with E-state index in [1.165, 1.54) is 12.1 Å². The first kappa shape index (κ1) is 13.6. The number of hydrogen-bond acceptors (Lipinski definition) is 2. The van der Waals surface area contributed by atoms with Crippen LogP contribution in [0.1, 0.15) is 37.7 Å². The largest absolute Gasteiger partial charge is 0.340 e. The predicted octanol–water partition coefficient (Wildman–Crippen LogP) is 2.20. The smallest absolute Gasteiger partial charge is 0.233 e. The summed E-state index contributed by atoms with van der Waals surface area (Å²) in [6.07, 6.45) is 4.57. The Morgan fingerprint density at radius 2 is 2.10 bits per heavy atom. The van der Waals surface area contributed by atoms with Crippen LogP contribution in [0.25, 0.3) is 0 Å². The topological polar surface area (TPSA) is 46.3 Å². The molecule has 3 nitrogen and oxygen atoms in total. The van der Waals surface area contributed by atoms with Crippen LogP contribution < -0.4 is 5.73 Å². The molecular weight excluding hydrogens is 255 g/mol. The lowest BCUT2D eigenvalue weighted by Crippen LogP contribution is -2.45. The Kier molecular flexibility index (Phi) is 3.50. The molecule has 0 spiro atoms. The van der Waals surface area contributed by atoms with Crippen LogP contribution in [0.2, 0.25) is 0 Å². The maximum absolute atomic E-state index is 13.5. The van der Waals surface area contributed by atoms with Gasteiger partial charge in [-0.2, -0.15) is 0 Å². The fourth-order valence-electron chi connectivity index (χ4n) is 3.67.